The number of pyridine rings is 1. The number of methoxy groups -OCH3 is 1. The normalized spacial score (nSPS) is 19.1. The lowest BCUT2D eigenvalue weighted by atomic mass is 9.79. The van der Waals surface area contributed by atoms with Crippen LogP contribution in [0.3, 0.4) is 0 Å². The molecule has 0 spiro atoms. The summed E-state index contributed by atoms with van der Waals surface area (Å²) in [6.07, 6.45) is 1.68. The Hall–Kier alpha value is -2.00. The van der Waals surface area contributed by atoms with Crippen LogP contribution in [0.4, 0.5) is 0 Å². The highest BCUT2D eigenvalue weighted by Crippen LogP contribution is 2.36. The first-order valence-electron chi connectivity index (χ1n) is 7.37. The van der Waals surface area contributed by atoms with Crippen molar-refractivity contribution in [1.82, 2.24) is 25.2 Å². The summed E-state index contributed by atoms with van der Waals surface area (Å²) in [6.45, 7) is 8.04. The Balaban J connectivity index is 1.99. The molecule has 1 fully saturated rings. The Morgan fingerprint density at radius 1 is 1.17 bits per heavy atom. The van der Waals surface area contributed by atoms with Gasteiger partial charge in [0.1, 0.15) is 0 Å². The molecule has 0 bridgehead atoms. The summed E-state index contributed by atoms with van der Waals surface area (Å²) >= 11 is 0. The van der Waals surface area contributed by atoms with E-state index in [0.29, 0.717) is 17.3 Å². The number of aryl methyl sites for hydroxylation is 1. The van der Waals surface area contributed by atoms with Crippen LogP contribution in [-0.2, 0) is 16.4 Å². The first kappa shape index (κ1) is 15.9. The maximum absolute atomic E-state index is 6.06. The van der Waals surface area contributed by atoms with E-state index in [0.717, 1.165) is 5.46 Å². The maximum Gasteiger partial charge on any atom is 0.496 e. The van der Waals surface area contributed by atoms with Crippen molar-refractivity contribution < 1.29 is 14.0 Å². The van der Waals surface area contributed by atoms with Crippen LogP contribution in [0, 0.1) is 0 Å². The van der Waals surface area contributed by atoms with Crippen LogP contribution in [0.1, 0.15) is 27.7 Å². The van der Waals surface area contributed by atoms with Gasteiger partial charge in [0, 0.05) is 11.7 Å². The lowest BCUT2D eigenvalue weighted by molar-refractivity contribution is 0.00578. The van der Waals surface area contributed by atoms with Crippen LogP contribution in [0.25, 0.3) is 11.4 Å². The first-order chi connectivity index (χ1) is 10.7. The van der Waals surface area contributed by atoms with E-state index in [-0.39, 0.29) is 0 Å². The van der Waals surface area contributed by atoms with Gasteiger partial charge in [-0.3, -0.25) is 0 Å². The Labute approximate surface area is 135 Å². The third kappa shape index (κ3) is 2.70. The van der Waals surface area contributed by atoms with Gasteiger partial charge in [-0.2, -0.15) is 4.80 Å². The summed E-state index contributed by atoms with van der Waals surface area (Å²) in [4.78, 5) is 5.71. The predicted octanol–water partition coefficient (Wildman–Crippen LogP) is 0.580. The molecule has 0 unspecified atom stereocenters. The van der Waals surface area contributed by atoms with Gasteiger partial charge in [-0.1, -0.05) is 0 Å². The van der Waals surface area contributed by atoms with E-state index in [2.05, 4.69) is 20.4 Å². The molecule has 1 saturated heterocycles. The fourth-order valence-electron chi connectivity index (χ4n) is 2.29. The predicted molar refractivity (Wildman–Crippen MR) is 84.3 cm³/mol. The molecule has 9 heteroatoms. The summed E-state index contributed by atoms with van der Waals surface area (Å²) < 4.78 is 17.4. The molecule has 0 N–H and O–H groups in total. The van der Waals surface area contributed by atoms with Crippen molar-refractivity contribution >= 4 is 12.6 Å². The fraction of sp³-hybridized carbons (Fsp3) is 0.571. The smallest absolute Gasteiger partial charge is 0.480 e. The number of hydrogen-bond acceptors (Lipinski definition) is 7. The molecule has 2 aromatic heterocycles. The molecule has 1 aliphatic heterocycles. The zero-order valence-corrected chi connectivity index (χ0v) is 14.2. The van der Waals surface area contributed by atoms with Gasteiger partial charge >= 0.3 is 7.12 Å². The van der Waals surface area contributed by atoms with E-state index in [1.54, 1.807) is 20.4 Å². The van der Waals surface area contributed by atoms with Crippen molar-refractivity contribution in [2.24, 2.45) is 7.05 Å². The highest BCUT2D eigenvalue weighted by atomic mass is 16.7. The minimum Gasteiger partial charge on any atom is -0.480 e. The zero-order valence-electron chi connectivity index (χ0n) is 14.2. The molecule has 1 aliphatic rings. The van der Waals surface area contributed by atoms with Gasteiger partial charge < -0.3 is 14.0 Å². The van der Waals surface area contributed by atoms with E-state index in [9.17, 15) is 0 Å². The Morgan fingerprint density at radius 2 is 1.83 bits per heavy atom. The van der Waals surface area contributed by atoms with Gasteiger partial charge in [0.05, 0.1) is 30.9 Å². The molecule has 8 nitrogen and oxygen atoms in total. The molecule has 0 aliphatic carbocycles. The van der Waals surface area contributed by atoms with Crippen LogP contribution >= 0.6 is 0 Å². The highest BCUT2D eigenvalue weighted by Gasteiger charge is 2.52. The molecule has 23 heavy (non-hydrogen) atoms. The fourth-order valence-corrected chi connectivity index (χ4v) is 2.29. The van der Waals surface area contributed by atoms with Crippen LogP contribution in [-0.4, -0.2) is 50.6 Å². The van der Waals surface area contributed by atoms with E-state index < -0.39 is 18.3 Å². The van der Waals surface area contributed by atoms with Gasteiger partial charge in [0.15, 0.2) is 0 Å². The van der Waals surface area contributed by atoms with Crippen LogP contribution in [0.2, 0.25) is 0 Å². The second-order valence-corrected chi connectivity index (χ2v) is 6.52. The molecule has 0 aromatic carbocycles. The van der Waals surface area contributed by atoms with Crippen molar-refractivity contribution in [3.63, 3.8) is 0 Å². The molecular formula is C14H20BN5O3. The van der Waals surface area contributed by atoms with E-state index in [4.69, 9.17) is 14.0 Å². The average molecular weight is 317 g/mol. The summed E-state index contributed by atoms with van der Waals surface area (Å²) in [5.74, 6) is 0.869. The van der Waals surface area contributed by atoms with E-state index in [1.165, 1.54) is 4.80 Å². The van der Waals surface area contributed by atoms with Gasteiger partial charge in [0.2, 0.25) is 11.7 Å². The van der Waals surface area contributed by atoms with Crippen LogP contribution < -0.4 is 10.2 Å². The summed E-state index contributed by atoms with van der Waals surface area (Å²) in [7, 11) is 2.75. The summed E-state index contributed by atoms with van der Waals surface area (Å²) in [5.41, 5.74) is 0.602. The van der Waals surface area contributed by atoms with Crippen LogP contribution in [0.15, 0.2) is 12.3 Å². The molecular weight excluding hydrogens is 297 g/mol. The second kappa shape index (κ2) is 5.28. The number of hydrogen-bond donors (Lipinski definition) is 0. The SMILES string of the molecule is COc1ncc(B2OC(C)(C)C(C)(C)O2)cc1-c1nnn(C)n1. The third-order valence-electron chi connectivity index (χ3n) is 4.34. The summed E-state index contributed by atoms with van der Waals surface area (Å²) in [5, 5.41) is 12.1. The molecule has 0 amide bonds. The largest absolute Gasteiger partial charge is 0.496 e. The molecule has 3 heterocycles. The van der Waals surface area contributed by atoms with Crippen molar-refractivity contribution in [2.45, 2.75) is 38.9 Å². The quantitative estimate of drug-likeness (QED) is 0.766. The lowest BCUT2D eigenvalue weighted by Crippen LogP contribution is -2.41. The third-order valence-corrected chi connectivity index (χ3v) is 4.34. The monoisotopic (exact) mass is 317 g/mol. The summed E-state index contributed by atoms with van der Waals surface area (Å²) in [6, 6.07) is 1.87. The molecule has 0 saturated carbocycles. The highest BCUT2D eigenvalue weighted by molar-refractivity contribution is 6.62. The van der Waals surface area contributed by atoms with Crippen molar-refractivity contribution in [2.75, 3.05) is 7.11 Å². The Kier molecular flexibility index (Phi) is 3.64. The van der Waals surface area contributed by atoms with Gasteiger partial charge in [-0.05, 0) is 39.0 Å². The minimum absolute atomic E-state index is 0.414. The van der Waals surface area contributed by atoms with Gasteiger partial charge in [-0.25, -0.2) is 4.98 Å². The van der Waals surface area contributed by atoms with Gasteiger partial charge in [-0.15, -0.1) is 10.2 Å². The standard InChI is InChI=1S/C14H20BN5O3/c1-13(2)14(3,4)23-15(22-13)9-7-10(12(21-6)16-8-9)11-17-19-20(5)18-11/h7-8H,1-6H3. The first-order valence-corrected chi connectivity index (χ1v) is 7.37. The minimum atomic E-state index is -0.506. The van der Waals surface area contributed by atoms with Gasteiger partial charge in [0.25, 0.3) is 0 Å². The van der Waals surface area contributed by atoms with Crippen molar-refractivity contribution in [1.29, 1.82) is 0 Å². The second-order valence-electron chi connectivity index (χ2n) is 6.52. The maximum atomic E-state index is 6.06. The molecule has 3 rings (SSSR count). The Bertz CT molecular complexity index is 715. The topological polar surface area (TPSA) is 84.2 Å². The van der Waals surface area contributed by atoms with E-state index in [1.807, 2.05) is 33.8 Å². The number of rotatable bonds is 3. The van der Waals surface area contributed by atoms with Crippen LogP contribution in [0.5, 0.6) is 5.88 Å². The number of tetrazole rings is 1. The number of ether oxygens (including phenoxy) is 1. The average Bonchev–Trinajstić information content (AvgIpc) is 3.00. The van der Waals surface area contributed by atoms with Crippen molar-refractivity contribution in [3.8, 4) is 17.3 Å². The molecule has 0 atom stereocenters. The van der Waals surface area contributed by atoms with E-state index >= 15 is 0 Å². The molecule has 2 aromatic rings. The van der Waals surface area contributed by atoms with Crippen molar-refractivity contribution in [3.05, 3.63) is 12.3 Å². The number of aromatic nitrogens is 5. The lowest BCUT2D eigenvalue weighted by Gasteiger charge is -2.32. The Morgan fingerprint density at radius 3 is 2.35 bits per heavy atom. The zero-order chi connectivity index (χ0) is 16.8. The number of nitrogens with zero attached hydrogens (tertiary/aromatic N) is 5. The molecule has 0 radical (unpaired) electrons. The molecule has 122 valence electrons.